The molecule has 5 nitrogen and oxygen atoms in total. The highest BCUT2D eigenvalue weighted by atomic mass is 16.5. The molecule has 1 aromatic rings. The third-order valence-corrected chi connectivity index (χ3v) is 2.68. The molecule has 5 heteroatoms. The van der Waals surface area contributed by atoms with Crippen LogP contribution < -0.4 is 5.56 Å². The van der Waals surface area contributed by atoms with Crippen LogP contribution in [0.25, 0.3) is 0 Å². The Morgan fingerprint density at radius 2 is 2.31 bits per heavy atom. The minimum Gasteiger partial charge on any atom is -0.479 e. The molecule has 2 rings (SSSR count). The third kappa shape index (κ3) is 2.30. The molecule has 0 aliphatic carbocycles. The van der Waals surface area contributed by atoms with E-state index in [9.17, 15) is 9.59 Å². The normalized spacial score (nSPS) is 24.5. The number of hydrogen-bond acceptors (Lipinski definition) is 3. The van der Waals surface area contributed by atoms with Gasteiger partial charge in [0.2, 0.25) is 0 Å². The second kappa shape index (κ2) is 4.49. The van der Waals surface area contributed by atoms with Crippen LogP contribution in [0.3, 0.4) is 0 Å². The van der Waals surface area contributed by atoms with Gasteiger partial charge in [-0.2, -0.15) is 0 Å². The zero-order valence-electron chi connectivity index (χ0n) is 8.70. The van der Waals surface area contributed by atoms with E-state index in [1.807, 2.05) is 0 Å². The molecule has 1 aliphatic heterocycles. The number of aliphatic carboxylic acids is 1. The fourth-order valence-electron chi connectivity index (χ4n) is 1.85. The van der Waals surface area contributed by atoms with E-state index >= 15 is 0 Å². The predicted octanol–water partition coefficient (Wildman–Crippen LogP) is 0.480. The van der Waals surface area contributed by atoms with Crippen molar-refractivity contribution in [3.8, 4) is 0 Å². The smallest absolute Gasteiger partial charge is 0.332 e. The Bertz CT molecular complexity index is 440. The van der Waals surface area contributed by atoms with E-state index in [0.717, 1.165) is 0 Å². The van der Waals surface area contributed by atoms with Gasteiger partial charge in [0.1, 0.15) is 0 Å². The van der Waals surface area contributed by atoms with E-state index in [2.05, 4.69) is 0 Å². The minimum atomic E-state index is -0.928. The van der Waals surface area contributed by atoms with E-state index in [1.165, 1.54) is 10.6 Å². The number of nitrogens with zero attached hydrogens (tertiary/aromatic N) is 1. The first kappa shape index (κ1) is 10.9. The summed E-state index contributed by atoms with van der Waals surface area (Å²) in [5.41, 5.74) is -0.0927. The zero-order chi connectivity index (χ0) is 11.5. The van der Waals surface area contributed by atoms with E-state index in [1.54, 1.807) is 18.3 Å². The molecule has 1 fully saturated rings. The monoisotopic (exact) mass is 223 g/mol. The van der Waals surface area contributed by atoms with Crippen molar-refractivity contribution >= 4 is 5.97 Å². The number of pyridine rings is 1. The van der Waals surface area contributed by atoms with Crippen molar-refractivity contribution in [2.75, 3.05) is 0 Å². The lowest BCUT2D eigenvalue weighted by atomic mass is 10.2. The standard InChI is InChI=1S/C11H13NO4/c13-10-3-1-2-6-12(10)7-8-4-5-9(16-8)11(14)15/h1-3,6,8-9H,4-5,7H2,(H,14,15). The molecule has 2 unspecified atom stereocenters. The van der Waals surface area contributed by atoms with Crippen molar-refractivity contribution in [2.45, 2.75) is 31.6 Å². The molecule has 1 aliphatic rings. The van der Waals surface area contributed by atoms with Gasteiger partial charge >= 0.3 is 5.97 Å². The van der Waals surface area contributed by atoms with Crippen molar-refractivity contribution in [3.63, 3.8) is 0 Å². The largest absolute Gasteiger partial charge is 0.479 e. The molecule has 0 spiro atoms. The molecular weight excluding hydrogens is 210 g/mol. The fraction of sp³-hybridized carbons (Fsp3) is 0.455. The number of ether oxygens (including phenoxy) is 1. The first-order valence-electron chi connectivity index (χ1n) is 5.20. The van der Waals surface area contributed by atoms with E-state index in [0.29, 0.717) is 19.4 Å². The molecule has 0 radical (unpaired) electrons. The van der Waals surface area contributed by atoms with Crippen molar-refractivity contribution in [3.05, 3.63) is 34.7 Å². The van der Waals surface area contributed by atoms with Gasteiger partial charge in [-0.3, -0.25) is 4.79 Å². The summed E-state index contributed by atoms with van der Waals surface area (Å²) >= 11 is 0. The Labute approximate surface area is 92.3 Å². The average molecular weight is 223 g/mol. The number of carboxylic acid groups (broad SMARTS) is 1. The van der Waals surface area contributed by atoms with Gasteiger partial charge in [0.25, 0.3) is 5.56 Å². The van der Waals surface area contributed by atoms with Crippen LogP contribution in [0.1, 0.15) is 12.8 Å². The van der Waals surface area contributed by atoms with Gasteiger partial charge < -0.3 is 14.4 Å². The molecule has 0 saturated carbocycles. The second-order valence-corrected chi connectivity index (χ2v) is 3.85. The first-order chi connectivity index (χ1) is 7.66. The van der Waals surface area contributed by atoms with Crippen molar-refractivity contribution in [1.29, 1.82) is 0 Å². The maximum atomic E-state index is 11.4. The molecule has 0 bridgehead atoms. The van der Waals surface area contributed by atoms with Crippen molar-refractivity contribution in [1.82, 2.24) is 4.57 Å². The van der Waals surface area contributed by atoms with Gasteiger partial charge in [0.05, 0.1) is 12.6 Å². The summed E-state index contributed by atoms with van der Waals surface area (Å²) in [6, 6.07) is 4.92. The summed E-state index contributed by atoms with van der Waals surface area (Å²) in [7, 11) is 0. The first-order valence-corrected chi connectivity index (χ1v) is 5.20. The minimum absolute atomic E-state index is 0.0927. The van der Waals surface area contributed by atoms with Crippen LogP contribution in [0.5, 0.6) is 0 Å². The van der Waals surface area contributed by atoms with Crippen LogP contribution in [0.4, 0.5) is 0 Å². The lowest BCUT2D eigenvalue weighted by Gasteiger charge is -2.12. The summed E-state index contributed by atoms with van der Waals surface area (Å²) in [4.78, 5) is 22.1. The summed E-state index contributed by atoms with van der Waals surface area (Å²) in [5, 5.41) is 8.76. The van der Waals surface area contributed by atoms with Gasteiger partial charge in [-0.05, 0) is 18.9 Å². The fourth-order valence-corrected chi connectivity index (χ4v) is 1.85. The van der Waals surface area contributed by atoms with Crippen molar-refractivity contribution in [2.24, 2.45) is 0 Å². The number of hydrogen-bond donors (Lipinski definition) is 1. The molecule has 1 aromatic heterocycles. The Kier molecular flexibility index (Phi) is 3.05. The zero-order valence-corrected chi connectivity index (χ0v) is 8.70. The van der Waals surface area contributed by atoms with Gasteiger partial charge in [-0.25, -0.2) is 4.79 Å². The van der Waals surface area contributed by atoms with E-state index in [-0.39, 0.29) is 11.7 Å². The Hall–Kier alpha value is -1.62. The summed E-state index contributed by atoms with van der Waals surface area (Å²) in [6.07, 6.45) is 1.98. The van der Waals surface area contributed by atoms with Crippen LogP contribution in [0, 0.1) is 0 Å². The van der Waals surface area contributed by atoms with Crippen LogP contribution in [0.15, 0.2) is 29.2 Å². The third-order valence-electron chi connectivity index (χ3n) is 2.68. The quantitative estimate of drug-likeness (QED) is 0.809. The van der Waals surface area contributed by atoms with Crippen LogP contribution >= 0.6 is 0 Å². The van der Waals surface area contributed by atoms with Crippen LogP contribution in [-0.2, 0) is 16.1 Å². The summed E-state index contributed by atoms with van der Waals surface area (Å²) in [6.45, 7) is 0.420. The molecule has 1 saturated heterocycles. The highest BCUT2D eigenvalue weighted by molar-refractivity contribution is 5.72. The van der Waals surface area contributed by atoms with Gasteiger partial charge in [0.15, 0.2) is 6.10 Å². The van der Waals surface area contributed by atoms with Crippen LogP contribution in [0.2, 0.25) is 0 Å². The summed E-state index contributed by atoms with van der Waals surface area (Å²) < 4.78 is 6.86. The van der Waals surface area contributed by atoms with Gasteiger partial charge in [0, 0.05) is 12.3 Å². The average Bonchev–Trinajstić information content (AvgIpc) is 2.70. The molecule has 16 heavy (non-hydrogen) atoms. The number of rotatable bonds is 3. The lowest BCUT2D eigenvalue weighted by molar-refractivity contribution is -0.149. The number of carboxylic acids is 1. The maximum absolute atomic E-state index is 11.4. The van der Waals surface area contributed by atoms with E-state index < -0.39 is 12.1 Å². The predicted molar refractivity (Wildman–Crippen MR) is 56.2 cm³/mol. The molecule has 1 N–H and O–H groups in total. The topological polar surface area (TPSA) is 68.5 Å². The molecule has 2 heterocycles. The SMILES string of the molecule is O=C(O)C1CCC(Cn2ccccc2=O)O1. The molecule has 0 amide bonds. The molecule has 2 atom stereocenters. The lowest BCUT2D eigenvalue weighted by Crippen LogP contribution is -2.27. The van der Waals surface area contributed by atoms with Gasteiger partial charge in [-0.1, -0.05) is 6.07 Å². The Morgan fingerprint density at radius 3 is 2.94 bits per heavy atom. The Balaban J connectivity index is 2.00. The van der Waals surface area contributed by atoms with Crippen LogP contribution in [-0.4, -0.2) is 27.9 Å². The highest BCUT2D eigenvalue weighted by Crippen LogP contribution is 2.20. The van der Waals surface area contributed by atoms with Crippen molar-refractivity contribution < 1.29 is 14.6 Å². The number of carbonyl (C=O) groups is 1. The second-order valence-electron chi connectivity index (χ2n) is 3.85. The highest BCUT2D eigenvalue weighted by Gasteiger charge is 2.30. The molecular formula is C11H13NO4. The number of aromatic nitrogens is 1. The summed E-state index contributed by atoms with van der Waals surface area (Å²) in [5.74, 6) is -0.928. The maximum Gasteiger partial charge on any atom is 0.332 e. The molecule has 86 valence electrons. The van der Waals surface area contributed by atoms with E-state index in [4.69, 9.17) is 9.84 Å². The Morgan fingerprint density at radius 1 is 1.50 bits per heavy atom. The van der Waals surface area contributed by atoms with Gasteiger partial charge in [-0.15, -0.1) is 0 Å². The molecule has 0 aromatic carbocycles.